The van der Waals surface area contributed by atoms with Crippen molar-refractivity contribution in [3.05, 3.63) is 59.7 Å². The minimum atomic E-state index is -0.0286. The second-order valence-corrected chi connectivity index (χ2v) is 5.30. The van der Waals surface area contributed by atoms with E-state index in [4.69, 9.17) is 4.74 Å². The summed E-state index contributed by atoms with van der Waals surface area (Å²) in [6.07, 6.45) is 0.330. The number of benzene rings is 2. The Bertz CT molecular complexity index is 710. The standard InChI is InChI=1S/C18H17NO3/c1-13(20)15-7-8-17-16(11-15)19(18(21)9-10-22-17)12-14-5-3-2-4-6-14/h2-8,11H,9-10,12H2,1H3. The van der Waals surface area contributed by atoms with E-state index in [9.17, 15) is 9.59 Å². The van der Waals surface area contributed by atoms with Gasteiger partial charge in [0.05, 0.1) is 25.3 Å². The molecule has 0 spiro atoms. The monoisotopic (exact) mass is 295 g/mol. The third-order valence-electron chi connectivity index (χ3n) is 3.71. The molecule has 3 rings (SSSR count). The molecule has 112 valence electrons. The van der Waals surface area contributed by atoms with E-state index in [1.54, 1.807) is 23.1 Å². The van der Waals surface area contributed by atoms with Crippen molar-refractivity contribution in [2.24, 2.45) is 0 Å². The van der Waals surface area contributed by atoms with E-state index in [1.807, 2.05) is 30.3 Å². The predicted octanol–water partition coefficient (Wildman–Crippen LogP) is 3.20. The lowest BCUT2D eigenvalue weighted by Gasteiger charge is -2.22. The van der Waals surface area contributed by atoms with Gasteiger partial charge in [0, 0.05) is 5.56 Å². The summed E-state index contributed by atoms with van der Waals surface area (Å²) in [5.41, 5.74) is 2.28. The summed E-state index contributed by atoms with van der Waals surface area (Å²) in [4.78, 5) is 25.7. The van der Waals surface area contributed by atoms with Gasteiger partial charge in [0.2, 0.25) is 5.91 Å². The normalized spacial score (nSPS) is 14.0. The second kappa shape index (κ2) is 6.02. The number of Topliss-reactive ketones (excluding diaryl/α,β-unsaturated/α-hetero) is 1. The molecule has 0 fully saturated rings. The molecule has 2 aromatic carbocycles. The van der Waals surface area contributed by atoms with Crippen molar-refractivity contribution in [1.82, 2.24) is 0 Å². The summed E-state index contributed by atoms with van der Waals surface area (Å²) < 4.78 is 5.65. The molecular weight excluding hydrogens is 278 g/mol. The Morgan fingerprint density at radius 3 is 2.68 bits per heavy atom. The summed E-state index contributed by atoms with van der Waals surface area (Å²) in [6, 6.07) is 15.0. The second-order valence-electron chi connectivity index (χ2n) is 5.30. The van der Waals surface area contributed by atoms with E-state index in [0.29, 0.717) is 36.6 Å². The largest absolute Gasteiger partial charge is 0.491 e. The summed E-state index contributed by atoms with van der Waals surface area (Å²) in [6.45, 7) is 2.34. The number of nitrogens with zero attached hydrogens (tertiary/aromatic N) is 1. The Labute approximate surface area is 129 Å². The molecule has 0 aliphatic carbocycles. The van der Waals surface area contributed by atoms with Gasteiger partial charge in [-0.15, -0.1) is 0 Å². The lowest BCUT2D eigenvalue weighted by Crippen LogP contribution is -2.29. The van der Waals surface area contributed by atoms with Gasteiger partial charge in [0.15, 0.2) is 5.78 Å². The molecule has 4 heteroatoms. The quantitative estimate of drug-likeness (QED) is 0.817. The maximum atomic E-state index is 12.4. The number of rotatable bonds is 3. The minimum Gasteiger partial charge on any atom is -0.491 e. The average Bonchev–Trinajstić information content (AvgIpc) is 2.68. The molecule has 22 heavy (non-hydrogen) atoms. The van der Waals surface area contributed by atoms with Crippen molar-refractivity contribution in [1.29, 1.82) is 0 Å². The van der Waals surface area contributed by atoms with Gasteiger partial charge >= 0.3 is 0 Å². The minimum absolute atomic E-state index is 0.00306. The number of ketones is 1. The number of anilines is 1. The molecule has 0 saturated carbocycles. The highest BCUT2D eigenvalue weighted by molar-refractivity contribution is 5.99. The molecule has 0 radical (unpaired) electrons. The first kappa shape index (κ1) is 14.3. The Hall–Kier alpha value is -2.62. The van der Waals surface area contributed by atoms with Crippen molar-refractivity contribution < 1.29 is 14.3 Å². The molecule has 1 heterocycles. The Balaban J connectivity index is 2.02. The topological polar surface area (TPSA) is 46.6 Å². The van der Waals surface area contributed by atoms with Crippen LogP contribution in [0.15, 0.2) is 48.5 Å². The molecule has 0 bridgehead atoms. The van der Waals surface area contributed by atoms with Crippen LogP contribution in [0.1, 0.15) is 29.3 Å². The molecule has 0 atom stereocenters. The summed E-state index contributed by atoms with van der Waals surface area (Å²) in [5.74, 6) is 0.620. The van der Waals surface area contributed by atoms with E-state index in [2.05, 4.69) is 0 Å². The van der Waals surface area contributed by atoms with Gasteiger partial charge in [-0.2, -0.15) is 0 Å². The van der Waals surface area contributed by atoms with Gasteiger partial charge in [-0.25, -0.2) is 0 Å². The first-order valence-electron chi connectivity index (χ1n) is 7.27. The molecule has 2 aromatic rings. The molecule has 1 amide bonds. The molecule has 4 nitrogen and oxygen atoms in total. The summed E-state index contributed by atoms with van der Waals surface area (Å²) in [7, 11) is 0. The number of hydrogen-bond donors (Lipinski definition) is 0. The van der Waals surface area contributed by atoms with Crippen LogP contribution in [-0.4, -0.2) is 18.3 Å². The van der Waals surface area contributed by atoms with Gasteiger partial charge in [0.25, 0.3) is 0 Å². The van der Waals surface area contributed by atoms with Crippen molar-refractivity contribution in [3.8, 4) is 5.75 Å². The highest BCUT2D eigenvalue weighted by Crippen LogP contribution is 2.33. The van der Waals surface area contributed by atoms with Crippen LogP contribution in [0.4, 0.5) is 5.69 Å². The fraction of sp³-hybridized carbons (Fsp3) is 0.222. The lowest BCUT2D eigenvalue weighted by atomic mass is 10.1. The van der Waals surface area contributed by atoms with Crippen LogP contribution in [0.25, 0.3) is 0 Å². The molecule has 0 N–H and O–H groups in total. The van der Waals surface area contributed by atoms with Crippen LogP contribution in [0.3, 0.4) is 0 Å². The fourth-order valence-electron chi connectivity index (χ4n) is 2.53. The third-order valence-corrected chi connectivity index (χ3v) is 3.71. The molecule has 0 unspecified atom stereocenters. The maximum Gasteiger partial charge on any atom is 0.230 e. The number of ether oxygens (including phenoxy) is 1. The third kappa shape index (κ3) is 2.86. The number of hydrogen-bond acceptors (Lipinski definition) is 3. The average molecular weight is 295 g/mol. The van der Waals surface area contributed by atoms with Crippen LogP contribution in [-0.2, 0) is 11.3 Å². The zero-order chi connectivity index (χ0) is 15.5. The fourth-order valence-corrected chi connectivity index (χ4v) is 2.53. The van der Waals surface area contributed by atoms with Gasteiger partial charge in [-0.1, -0.05) is 30.3 Å². The van der Waals surface area contributed by atoms with Crippen LogP contribution in [0, 0.1) is 0 Å². The van der Waals surface area contributed by atoms with E-state index in [-0.39, 0.29) is 11.7 Å². The number of amides is 1. The van der Waals surface area contributed by atoms with E-state index >= 15 is 0 Å². The lowest BCUT2D eigenvalue weighted by molar-refractivity contribution is -0.118. The number of carbonyl (C=O) groups excluding carboxylic acids is 2. The Morgan fingerprint density at radius 1 is 1.18 bits per heavy atom. The van der Waals surface area contributed by atoms with Crippen LogP contribution in [0.5, 0.6) is 5.75 Å². The highest BCUT2D eigenvalue weighted by atomic mass is 16.5. The first-order chi connectivity index (χ1) is 10.6. The van der Waals surface area contributed by atoms with Crippen molar-refractivity contribution in [3.63, 3.8) is 0 Å². The Kier molecular flexibility index (Phi) is 3.92. The number of fused-ring (bicyclic) bond motifs is 1. The maximum absolute atomic E-state index is 12.4. The van der Waals surface area contributed by atoms with Gasteiger partial charge in [-0.3, -0.25) is 9.59 Å². The Morgan fingerprint density at radius 2 is 1.95 bits per heavy atom. The smallest absolute Gasteiger partial charge is 0.230 e. The molecule has 0 aromatic heterocycles. The molecule has 1 aliphatic rings. The van der Waals surface area contributed by atoms with Crippen molar-refractivity contribution in [2.45, 2.75) is 19.9 Å². The highest BCUT2D eigenvalue weighted by Gasteiger charge is 2.24. The summed E-state index contributed by atoms with van der Waals surface area (Å²) >= 11 is 0. The summed E-state index contributed by atoms with van der Waals surface area (Å²) in [5, 5.41) is 0. The molecular formula is C18H17NO3. The molecule has 1 aliphatic heterocycles. The number of carbonyl (C=O) groups is 2. The zero-order valence-electron chi connectivity index (χ0n) is 12.4. The predicted molar refractivity (Wildman–Crippen MR) is 84.2 cm³/mol. The van der Waals surface area contributed by atoms with Crippen LogP contribution in [0.2, 0.25) is 0 Å². The first-order valence-corrected chi connectivity index (χ1v) is 7.27. The zero-order valence-corrected chi connectivity index (χ0v) is 12.4. The van der Waals surface area contributed by atoms with Crippen molar-refractivity contribution >= 4 is 17.4 Å². The SMILES string of the molecule is CC(=O)c1ccc2c(c1)N(Cc1ccccc1)C(=O)CCO2. The van der Waals surface area contributed by atoms with Gasteiger partial charge in [-0.05, 0) is 30.7 Å². The van der Waals surface area contributed by atoms with Crippen LogP contribution < -0.4 is 9.64 Å². The van der Waals surface area contributed by atoms with Crippen LogP contribution >= 0.6 is 0 Å². The van der Waals surface area contributed by atoms with E-state index in [0.717, 1.165) is 5.56 Å². The van der Waals surface area contributed by atoms with Gasteiger partial charge < -0.3 is 9.64 Å². The molecule has 0 saturated heterocycles. The van der Waals surface area contributed by atoms with Crippen molar-refractivity contribution in [2.75, 3.05) is 11.5 Å². The van der Waals surface area contributed by atoms with E-state index in [1.165, 1.54) is 6.92 Å². The van der Waals surface area contributed by atoms with E-state index < -0.39 is 0 Å². The van der Waals surface area contributed by atoms with Gasteiger partial charge in [0.1, 0.15) is 5.75 Å².